The van der Waals surface area contributed by atoms with E-state index in [2.05, 4.69) is 29.4 Å². The highest BCUT2D eigenvalue weighted by Gasteiger charge is 2.40. The number of benzene rings is 1. The van der Waals surface area contributed by atoms with Gasteiger partial charge in [0.15, 0.2) is 0 Å². The molecule has 7 nitrogen and oxygen atoms in total. The molecular weight excluding hydrogens is 435 g/mol. The zero-order valence-electron chi connectivity index (χ0n) is 20.4. The molecule has 186 valence electrons. The van der Waals surface area contributed by atoms with E-state index >= 15 is 4.39 Å². The zero-order chi connectivity index (χ0) is 24.2. The maximum atomic E-state index is 15.1. The molecule has 1 aromatic rings. The van der Waals surface area contributed by atoms with Gasteiger partial charge in [-0.15, -0.1) is 0 Å². The molecule has 2 unspecified atom stereocenters. The van der Waals surface area contributed by atoms with E-state index in [1.54, 1.807) is 0 Å². The smallest absolute Gasteiger partial charge is 0.255 e. The van der Waals surface area contributed by atoms with E-state index in [9.17, 15) is 14.4 Å². The normalized spacial score (nSPS) is 22.7. The van der Waals surface area contributed by atoms with Crippen LogP contribution in [-0.2, 0) is 16.1 Å². The lowest BCUT2D eigenvalue weighted by molar-refractivity contribution is -0.136. The summed E-state index contributed by atoms with van der Waals surface area (Å²) < 4.78 is 15.1. The Balaban J connectivity index is 1.34. The molecule has 2 atom stereocenters. The van der Waals surface area contributed by atoms with Crippen LogP contribution in [0.3, 0.4) is 0 Å². The van der Waals surface area contributed by atoms with E-state index in [1.165, 1.54) is 23.8 Å². The van der Waals surface area contributed by atoms with E-state index in [0.717, 1.165) is 51.0 Å². The van der Waals surface area contributed by atoms with Gasteiger partial charge < -0.3 is 15.1 Å². The lowest BCUT2D eigenvalue weighted by atomic mass is 9.87. The lowest BCUT2D eigenvalue weighted by Gasteiger charge is -2.33. The van der Waals surface area contributed by atoms with Gasteiger partial charge in [0.2, 0.25) is 11.8 Å². The number of nitrogens with one attached hydrogen (secondary N) is 2. The van der Waals surface area contributed by atoms with Crippen molar-refractivity contribution in [2.45, 2.75) is 83.3 Å². The fourth-order valence-corrected chi connectivity index (χ4v) is 5.61. The fourth-order valence-electron chi connectivity index (χ4n) is 5.61. The molecule has 0 radical (unpaired) electrons. The van der Waals surface area contributed by atoms with Crippen molar-refractivity contribution in [3.63, 3.8) is 0 Å². The Hall–Kier alpha value is -2.32. The number of halogens is 1. The van der Waals surface area contributed by atoms with Crippen molar-refractivity contribution < 1.29 is 18.8 Å². The Bertz CT molecular complexity index is 929. The second-order valence-electron chi connectivity index (χ2n) is 9.89. The number of carbonyl (C=O) groups excluding carboxylic acids is 3. The Kier molecular flexibility index (Phi) is 7.99. The SMILES string of the molecule is CCCC(CC)NCCN1CCC(c2cc3c(cc2F)C(=O)N(C2CCC(=O)NC2=O)C3)CC1. The molecule has 3 heterocycles. The highest BCUT2D eigenvalue weighted by Crippen LogP contribution is 2.35. The van der Waals surface area contributed by atoms with Crippen molar-refractivity contribution in [1.82, 2.24) is 20.4 Å². The third-order valence-corrected chi connectivity index (χ3v) is 7.66. The van der Waals surface area contributed by atoms with Gasteiger partial charge in [-0.25, -0.2) is 4.39 Å². The summed E-state index contributed by atoms with van der Waals surface area (Å²) in [4.78, 5) is 40.5. The van der Waals surface area contributed by atoms with Crippen LogP contribution in [0.15, 0.2) is 12.1 Å². The van der Waals surface area contributed by atoms with Crippen molar-refractivity contribution in [3.8, 4) is 0 Å². The first-order chi connectivity index (χ1) is 16.4. The number of rotatable bonds is 9. The monoisotopic (exact) mass is 472 g/mol. The van der Waals surface area contributed by atoms with Crippen molar-refractivity contribution >= 4 is 17.7 Å². The average molecular weight is 473 g/mol. The van der Waals surface area contributed by atoms with Gasteiger partial charge in [-0.1, -0.05) is 26.3 Å². The van der Waals surface area contributed by atoms with Crippen LogP contribution in [0.5, 0.6) is 0 Å². The van der Waals surface area contributed by atoms with Crippen LogP contribution >= 0.6 is 0 Å². The molecule has 1 aromatic carbocycles. The summed E-state index contributed by atoms with van der Waals surface area (Å²) in [6, 6.07) is 3.11. The van der Waals surface area contributed by atoms with E-state index in [1.807, 2.05) is 6.07 Å². The van der Waals surface area contributed by atoms with Crippen molar-refractivity contribution in [2.75, 3.05) is 26.2 Å². The number of nitrogens with zero attached hydrogens (tertiary/aromatic N) is 2. The van der Waals surface area contributed by atoms with Gasteiger partial charge in [-0.2, -0.15) is 0 Å². The van der Waals surface area contributed by atoms with Crippen LogP contribution in [0.4, 0.5) is 4.39 Å². The topological polar surface area (TPSA) is 81.8 Å². The molecule has 0 saturated carbocycles. The van der Waals surface area contributed by atoms with Crippen molar-refractivity contribution in [1.29, 1.82) is 0 Å². The van der Waals surface area contributed by atoms with E-state index < -0.39 is 11.9 Å². The van der Waals surface area contributed by atoms with Gasteiger partial charge in [0.1, 0.15) is 11.9 Å². The van der Waals surface area contributed by atoms with Crippen molar-refractivity contribution in [2.24, 2.45) is 0 Å². The summed E-state index contributed by atoms with van der Waals surface area (Å²) in [5.74, 6) is -1.28. The Morgan fingerprint density at radius 1 is 1.15 bits per heavy atom. The fraction of sp³-hybridized carbons (Fsp3) is 0.654. The van der Waals surface area contributed by atoms with Crippen LogP contribution in [0.2, 0.25) is 0 Å². The maximum absolute atomic E-state index is 15.1. The molecule has 3 aliphatic heterocycles. The molecule has 2 fully saturated rings. The first-order valence-corrected chi connectivity index (χ1v) is 12.8. The minimum absolute atomic E-state index is 0.137. The van der Waals surface area contributed by atoms with E-state index in [4.69, 9.17) is 0 Å². The first kappa shape index (κ1) is 24.8. The summed E-state index contributed by atoms with van der Waals surface area (Å²) in [6.07, 6.45) is 5.86. The van der Waals surface area contributed by atoms with Gasteiger partial charge in [-0.05, 0) is 68.3 Å². The molecular formula is C26H37FN4O3. The number of imide groups is 1. The summed E-state index contributed by atoms with van der Waals surface area (Å²) in [5, 5.41) is 5.96. The standard InChI is InChI=1S/C26H37FN4O3/c1-3-5-19(4-2)28-10-13-30-11-8-17(9-12-30)20-14-18-16-31(26(34)21(18)15-22(20)27)23-6-7-24(32)29-25(23)33/h14-15,17,19,23,28H,3-13,16H2,1-2H3,(H,29,32,33). The first-order valence-electron chi connectivity index (χ1n) is 12.8. The molecule has 0 aromatic heterocycles. The predicted molar refractivity (Wildman–Crippen MR) is 128 cm³/mol. The molecule has 3 amide bonds. The van der Waals surface area contributed by atoms with Gasteiger partial charge in [0.05, 0.1) is 0 Å². The summed E-state index contributed by atoms with van der Waals surface area (Å²) >= 11 is 0. The number of likely N-dealkylation sites (tertiary alicyclic amines) is 1. The number of amides is 3. The number of hydrogen-bond acceptors (Lipinski definition) is 5. The molecule has 0 bridgehead atoms. The highest BCUT2D eigenvalue weighted by atomic mass is 19.1. The van der Waals surface area contributed by atoms with E-state index in [0.29, 0.717) is 23.6 Å². The molecule has 8 heteroatoms. The van der Waals surface area contributed by atoms with Gasteiger partial charge in [0, 0.05) is 37.7 Å². The van der Waals surface area contributed by atoms with Crippen LogP contribution in [0, 0.1) is 5.82 Å². The Morgan fingerprint density at radius 2 is 1.91 bits per heavy atom. The number of fused-ring (bicyclic) bond motifs is 1. The summed E-state index contributed by atoms with van der Waals surface area (Å²) in [5.41, 5.74) is 1.80. The quantitative estimate of drug-likeness (QED) is 0.540. The van der Waals surface area contributed by atoms with E-state index in [-0.39, 0.29) is 36.5 Å². The predicted octanol–water partition coefficient (Wildman–Crippen LogP) is 2.93. The molecule has 0 aliphatic carbocycles. The largest absolute Gasteiger partial charge is 0.322 e. The van der Waals surface area contributed by atoms with Crippen molar-refractivity contribution in [3.05, 3.63) is 34.6 Å². The zero-order valence-corrected chi connectivity index (χ0v) is 20.4. The molecule has 3 aliphatic rings. The maximum Gasteiger partial charge on any atom is 0.255 e. The second kappa shape index (κ2) is 11.0. The lowest BCUT2D eigenvalue weighted by Crippen LogP contribution is -2.52. The minimum Gasteiger partial charge on any atom is -0.322 e. The third-order valence-electron chi connectivity index (χ3n) is 7.66. The second-order valence-corrected chi connectivity index (χ2v) is 9.89. The van der Waals surface area contributed by atoms with Crippen LogP contribution in [0.1, 0.15) is 86.2 Å². The summed E-state index contributed by atoms with van der Waals surface area (Å²) in [6.45, 7) is 8.60. The van der Waals surface area contributed by atoms with Crippen LogP contribution in [-0.4, -0.2) is 65.8 Å². The molecule has 4 rings (SSSR count). The Labute approximate surface area is 201 Å². The minimum atomic E-state index is -0.675. The average Bonchev–Trinajstić information content (AvgIpc) is 3.13. The highest BCUT2D eigenvalue weighted by molar-refractivity contribution is 6.05. The molecule has 2 saturated heterocycles. The summed E-state index contributed by atoms with van der Waals surface area (Å²) in [7, 11) is 0. The third kappa shape index (κ3) is 5.33. The van der Waals surface area contributed by atoms with Crippen LogP contribution < -0.4 is 10.6 Å². The van der Waals surface area contributed by atoms with Crippen LogP contribution in [0.25, 0.3) is 0 Å². The molecule has 34 heavy (non-hydrogen) atoms. The number of carbonyl (C=O) groups is 3. The number of hydrogen-bond donors (Lipinski definition) is 2. The van der Waals surface area contributed by atoms with Gasteiger partial charge >= 0.3 is 0 Å². The molecule has 2 N–H and O–H groups in total. The molecule has 0 spiro atoms. The Morgan fingerprint density at radius 3 is 2.59 bits per heavy atom. The van der Waals surface area contributed by atoms with Gasteiger partial charge in [0.25, 0.3) is 5.91 Å². The number of piperidine rings is 2. The van der Waals surface area contributed by atoms with Gasteiger partial charge in [-0.3, -0.25) is 19.7 Å².